The molecule has 0 N–H and O–H groups in total. The first-order chi connectivity index (χ1) is 21.3. The zero-order valence-corrected chi connectivity index (χ0v) is 20.8. The molecule has 8 aromatic rings. The Morgan fingerprint density at radius 3 is 1.87 bits per heavy atom. The van der Waals surface area contributed by atoms with Gasteiger partial charge in [-0.2, -0.15) is 0 Å². The lowest BCUT2D eigenvalue weighted by molar-refractivity contribution is 0.668. The fourth-order valence-electron chi connectivity index (χ4n) is 5.04. The van der Waals surface area contributed by atoms with Gasteiger partial charge in [0.1, 0.15) is 22.3 Å². The summed E-state index contributed by atoms with van der Waals surface area (Å²) in [5.74, 6) is 0.418. The van der Waals surface area contributed by atoms with Crippen molar-refractivity contribution in [1.82, 2.24) is 15.0 Å². The molecule has 0 fully saturated rings. The van der Waals surface area contributed by atoms with Crippen LogP contribution in [0.3, 0.4) is 0 Å². The number of nitrogens with zero attached hydrogens (tertiary/aromatic N) is 3. The Balaban J connectivity index is 1.50. The van der Waals surface area contributed by atoms with Crippen LogP contribution in [0.15, 0.2) is 118 Å². The smallest absolute Gasteiger partial charge is 0.164 e. The van der Waals surface area contributed by atoms with E-state index in [4.69, 9.17) is 42.2 Å². The highest BCUT2D eigenvalue weighted by molar-refractivity contribution is 6.32. The van der Waals surface area contributed by atoms with Gasteiger partial charge in [0.05, 0.1) is 6.85 Å². The quantitative estimate of drug-likeness (QED) is 0.228. The van der Waals surface area contributed by atoms with Crippen molar-refractivity contribution in [3.05, 3.63) is 114 Å². The van der Waals surface area contributed by atoms with Gasteiger partial charge in [0.2, 0.25) is 0 Å². The molecule has 5 nitrogen and oxygen atoms in total. The Kier molecular flexibility index (Phi) is 3.82. The van der Waals surface area contributed by atoms with E-state index in [1.165, 1.54) is 0 Å². The lowest BCUT2D eigenvalue weighted by Crippen LogP contribution is -2.00. The Bertz CT molecular complexity index is 2460. The monoisotopic (exact) mass is 528 g/mol. The van der Waals surface area contributed by atoms with E-state index in [1.54, 1.807) is 12.1 Å². The van der Waals surface area contributed by atoms with E-state index in [2.05, 4.69) is 0 Å². The standard InChI is InChI=1S/C33H18ClN3O2/c34-20-16-17-26-24(18-20)30-23(12-7-15-28(30)39-26)33-36-31(19-8-2-1-3-9-19)35-32(37-33)22-11-6-14-27-29(22)21-10-4-5-13-25(21)38-27/h1-18H/i1D,2D,3D,8D,9D. The summed E-state index contributed by atoms with van der Waals surface area (Å²) in [7, 11) is 0. The predicted molar refractivity (Wildman–Crippen MR) is 156 cm³/mol. The summed E-state index contributed by atoms with van der Waals surface area (Å²) in [6, 6.07) is 21.8. The van der Waals surface area contributed by atoms with Crippen LogP contribution in [0.2, 0.25) is 5.02 Å². The van der Waals surface area contributed by atoms with E-state index in [0.29, 0.717) is 38.5 Å². The molecule has 3 aromatic heterocycles. The average molecular weight is 529 g/mol. The average Bonchev–Trinajstić information content (AvgIpc) is 3.61. The van der Waals surface area contributed by atoms with E-state index in [0.717, 1.165) is 21.5 Å². The van der Waals surface area contributed by atoms with Gasteiger partial charge >= 0.3 is 0 Å². The van der Waals surface area contributed by atoms with Crippen LogP contribution in [0.5, 0.6) is 0 Å². The summed E-state index contributed by atoms with van der Waals surface area (Å²) >= 11 is 6.37. The number of aromatic nitrogens is 3. The Morgan fingerprint density at radius 1 is 0.564 bits per heavy atom. The van der Waals surface area contributed by atoms with Gasteiger partial charge in [-0.3, -0.25) is 0 Å². The van der Waals surface area contributed by atoms with Crippen molar-refractivity contribution in [2.24, 2.45) is 0 Å². The largest absolute Gasteiger partial charge is 0.456 e. The third kappa shape index (κ3) is 3.51. The molecule has 0 aliphatic heterocycles. The number of para-hydroxylation sites is 1. The first-order valence-electron chi connectivity index (χ1n) is 14.7. The lowest BCUT2D eigenvalue weighted by Gasteiger charge is -2.10. The summed E-state index contributed by atoms with van der Waals surface area (Å²) in [6.45, 7) is 0. The second kappa shape index (κ2) is 8.51. The van der Waals surface area contributed by atoms with Crippen LogP contribution in [0.4, 0.5) is 0 Å². The number of benzene rings is 5. The molecule has 5 aromatic carbocycles. The molecule has 0 saturated carbocycles. The molecule has 0 aliphatic rings. The molecule has 184 valence electrons. The molecule has 0 radical (unpaired) electrons. The van der Waals surface area contributed by atoms with E-state index in [1.807, 2.05) is 66.7 Å². The number of halogens is 1. The Labute approximate surface area is 234 Å². The predicted octanol–water partition coefficient (Wildman–Crippen LogP) is 9.32. The van der Waals surface area contributed by atoms with Crippen molar-refractivity contribution in [2.45, 2.75) is 0 Å². The van der Waals surface area contributed by atoms with E-state index in [9.17, 15) is 0 Å². The number of furan rings is 2. The summed E-state index contributed by atoms with van der Waals surface area (Å²) < 4.78 is 54.2. The summed E-state index contributed by atoms with van der Waals surface area (Å²) in [5, 5.41) is 3.66. The Morgan fingerprint density at radius 2 is 1.15 bits per heavy atom. The highest BCUT2D eigenvalue weighted by atomic mass is 35.5. The maximum Gasteiger partial charge on any atom is 0.164 e. The second-order valence-electron chi connectivity index (χ2n) is 9.00. The van der Waals surface area contributed by atoms with Crippen molar-refractivity contribution < 1.29 is 15.7 Å². The summed E-state index contributed by atoms with van der Waals surface area (Å²) in [5.41, 5.74) is 3.66. The van der Waals surface area contributed by atoms with Crippen molar-refractivity contribution in [3.8, 4) is 34.2 Å². The fourth-order valence-corrected chi connectivity index (χ4v) is 5.21. The van der Waals surface area contributed by atoms with E-state index in [-0.39, 0.29) is 23.0 Å². The van der Waals surface area contributed by atoms with Crippen LogP contribution in [0, 0.1) is 0 Å². The van der Waals surface area contributed by atoms with Crippen LogP contribution in [0.25, 0.3) is 78.0 Å². The van der Waals surface area contributed by atoms with E-state index < -0.39 is 30.2 Å². The molecule has 0 atom stereocenters. The maximum atomic E-state index is 8.66. The number of rotatable bonds is 3. The fraction of sp³-hybridized carbons (Fsp3) is 0. The highest BCUT2D eigenvalue weighted by Gasteiger charge is 2.20. The zero-order valence-electron chi connectivity index (χ0n) is 25.0. The minimum Gasteiger partial charge on any atom is -0.456 e. The van der Waals surface area contributed by atoms with Crippen molar-refractivity contribution >= 4 is 55.5 Å². The summed E-state index contributed by atoms with van der Waals surface area (Å²) in [6.07, 6.45) is 0. The topological polar surface area (TPSA) is 65.0 Å². The van der Waals surface area contributed by atoms with Crippen LogP contribution in [-0.4, -0.2) is 15.0 Å². The molecule has 3 heterocycles. The molecule has 0 amide bonds. The molecular formula is C33H18ClN3O2. The minimum absolute atomic E-state index is 0.0605. The molecule has 0 aliphatic carbocycles. The molecule has 6 heteroatoms. The van der Waals surface area contributed by atoms with Crippen LogP contribution < -0.4 is 0 Å². The van der Waals surface area contributed by atoms with Crippen molar-refractivity contribution in [1.29, 1.82) is 0 Å². The SMILES string of the molecule is [2H]c1c([2H])c([2H])c(-c2nc(-c3cccc4oc5ccccc5c34)nc(-c3cccc4oc5ccc(Cl)cc5c34)n2)c([2H])c1[2H]. The van der Waals surface area contributed by atoms with E-state index >= 15 is 0 Å². The molecule has 0 spiro atoms. The molecular weight excluding hydrogens is 506 g/mol. The third-order valence-electron chi connectivity index (χ3n) is 6.70. The van der Waals surface area contributed by atoms with Gasteiger partial charge in [-0.25, -0.2) is 15.0 Å². The number of hydrogen-bond acceptors (Lipinski definition) is 5. The van der Waals surface area contributed by atoms with Gasteiger partial charge < -0.3 is 8.83 Å². The van der Waals surface area contributed by atoms with Gasteiger partial charge in [0.25, 0.3) is 0 Å². The van der Waals surface area contributed by atoms with Crippen LogP contribution >= 0.6 is 11.6 Å². The zero-order chi connectivity index (χ0) is 30.3. The lowest BCUT2D eigenvalue weighted by atomic mass is 10.0. The van der Waals surface area contributed by atoms with Crippen molar-refractivity contribution in [2.75, 3.05) is 0 Å². The summed E-state index contributed by atoms with van der Waals surface area (Å²) in [4.78, 5) is 14.4. The number of fused-ring (bicyclic) bond motifs is 6. The normalized spacial score (nSPS) is 13.5. The molecule has 0 unspecified atom stereocenters. The molecule has 8 rings (SSSR count). The van der Waals surface area contributed by atoms with Crippen LogP contribution in [-0.2, 0) is 0 Å². The van der Waals surface area contributed by atoms with Gasteiger partial charge in [0.15, 0.2) is 17.5 Å². The number of hydrogen-bond donors (Lipinski definition) is 0. The van der Waals surface area contributed by atoms with Gasteiger partial charge in [-0.15, -0.1) is 0 Å². The first kappa shape index (κ1) is 17.5. The second-order valence-corrected chi connectivity index (χ2v) is 9.44. The van der Waals surface area contributed by atoms with Gasteiger partial charge in [-0.1, -0.05) is 84.3 Å². The highest BCUT2D eigenvalue weighted by Crippen LogP contribution is 2.39. The van der Waals surface area contributed by atoms with Gasteiger partial charge in [0, 0.05) is 43.3 Å². The molecule has 0 saturated heterocycles. The molecule has 0 bridgehead atoms. The van der Waals surface area contributed by atoms with Crippen molar-refractivity contribution in [3.63, 3.8) is 0 Å². The van der Waals surface area contributed by atoms with Gasteiger partial charge in [-0.05, 0) is 36.4 Å². The third-order valence-corrected chi connectivity index (χ3v) is 6.94. The minimum atomic E-state index is -0.501. The van der Waals surface area contributed by atoms with Crippen LogP contribution in [0.1, 0.15) is 6.85 Å². The Hall–Kier alpha value is -5.00. The first-order valence-corrected chi connectivity index (χ1v) is 12.5. The maximum absolute atomic E-state index is 8.66. The molecule has 39 heavy (non-hydrogen) atoms.